The fourth-order valence-corrected chi connectivity index (χ4v) is 2.60. The topological polar surface area (TPSA) is 80.5 Å². The molecule has 0 aliphatic carbocycles. The van der Waals surface area contributed by atoms with Gasteiger partial charge in [-0.1, -0.05) is 16.8 Å². The third-order valence-electron chi connectivity index (χ3n) is 3.98. The molecule has 9 heteroatoms. The average Bonchev–Trinajstić information content (AvgIpc) is 3.16. The van der Waals surface area contributed by atoms with E-state index in [-0.39, 0.29) is 11.8 Å². The Kier molecular flexibility index (Phi) is 6.10. The minimum atomic E-state index is -0.340. The van der Waals surface area contributed by atoms with Crippen molar-refractivity contribution in [1.29, 1.82) is 0 Å². The molecular weight excluding hydrogens is 387 g/mol. The minimum Gasteiger partial charge on any atom is -0.495 e. The number of methoxy groups -OCH3 is 1. The van der Waals surface area contributed by atoms with Crippen molar-refractivity contribution in [3.8, 4) is 17.2 Å². The van der Waals surface area contributed by atoms with Crippen LogP contribution in [0.5, 0.6) is 5.75 Å². The van der Waals surface area contributed by atoms with E-state index in [1.165, 1.54) is 24.1 Å². The van der Waals surface area contributed by atoms with Gasteiger partial charge in [0.1, 0.15) is 11.6 Å². The van der Waals surface area contributed by atoms with Gasteiger partial charge < -0.3 is 19.5 Å². The van der Waals surface area contributed by atoms with Crippen LogP contribution >= 0.6 is 11.6 Å². The molecule has 0 aliphatic rings. The fraction of sp³-hybridized carbons (Fsp3) is 0.211. The van der Waals surface area contributed by atoms with Crippen LogP contribution in [0, 0.1) is 5.82 Å². The molecule has 3 rings (SSSR count). The Bertz CT molecular complexity index is 962. The average molecular weight is 405 g/mol. The van der Waals surface area contributed by atoms with Crippen LogP contribution in [0.1, 0.15) is 5.82 Å². The number of benzene rings is 2. The van der Waals surface area contributed by atoms with Crippen LogP contribution in [0.15, 0.2) is 47.0 Å². The highest BCUT2D eigenvalue weighted by Crippen LogP contribution is 2.27. The zero-order chi connectivity index (χ0) is 20.1. The summed E-state index contributed by atoms with van der Waals surface area (Å²) in [4.78, 5) is 18.1. The number of nitrogens with one attached hydrogen (secondary N) is 1. The molecule has 0 spiro atoms. The second-order valence-corrected chi connectivity index (χ2v) is 6.41. The summed E-state index contributed by atoms with van der Waals surface area (Å²) in [6.07, 6.45) is 0.390. The summed E-state index contributed by atoms with van der Waals surface area (Å²) >= 11 is 5.97. The van der Waals surface area contributed by atoms with Crippen LogP contribution in [0.4, 0.5) is 14.9 Å². The largest absolute Gasteiger partial charge is 0.495 e. The van der Waals surface area contributed by atoms with Crippen molar-refractivity contribution in [3.05, 3.63) is 59.1 Å². The maximum absolute atomic E-state index is 13.0. The van der Waals surface area contributed by atoms with Gasteiger partial charge in [0.05, 0.1) is 12.8 Å². The molecule has 28 heavy (non-hydrogen) atoms. The summed E-state index contributed by atoms with van der Waals surface area (Å²) < 4.78 is 23.4. The van der Waals surface area contributed by atoms with Gasteiger partial charge in [-0.25, -0.2) is 9.18 Å². The van der Waals surface area contributed by atoms with Gasteiger partial charge in [-0.15, -0.1) is 0 Å². The first kappa shape index (κ1) is 19.6. The van der Waals surface area contributed by atoms with Crippen molar-refractivity contribution < 1.29 is 18.4 Å². The third-order valence-corrected chi connectivity index (χ3v) is 4.22. The highest BCUT2D eigenvalue weighted by molar-refractivity contribution is 6.31. The maximum Gasteiger partial charge on any atom is 0.321 e. The number of nitrogens with zero attached hydrogens (tertiary/aromatic N) is 3. The monoisotopic (exact) mass is 404 g/mol. The van der Waals surface area contributed by atoms with E-state index in [0.29, 0.717) is 46.7 Å². The number of aromatic nitrogens is 2. The summed E-state index contributed by atoms with van der Waals surface area (Å²) in [7, 11) is 3.16. The molecule has 146 valence electrons. The van der Waals surface area contributed by atoms with E-state index in [9.17, 15) is 9.18 Å². The smallest absolute Gasteiger partial charge is 0.321 e. The standard InChI is InChI=1S/C19H18ClFN4O3/c1-25(19(26)22-15-11-13(20)5-8-16(15)27-2)10-9-17-23-18(28-24-17)12-3-6-14(21)7-4-12/h3-8,11H,9-10H2,1-2H3,(H,22,26). The molecule has 2 amide bonds. The molecule has 0 saturated carbocycles. The Hall–Kier alpha value is -3.13. The highest BCUT2D eigenvalue weighted by atomic mass is 35.5. The van der Waals surface area contributed by atoms with Crippen molar-refractivity contribution in [2.75, 3.05) is 26.0 Å². The first-order valence-electron chi connectivity index (χ1n) is 8.40. The predicted molar refractivity (Wildman–Crippen MR) is 103 cm³/mol. The van der Waals surface area contributed by atoms with Gasteiger partial charge in [-0.05, 0) is 42.5 Å². The van der Waals surface area contributed by atoms with Crippen molar-refractivity contribution in [2.45, 2.75) is 6.42 Å². The van der Waals surface area contributed by atoms with E-state index >= 15 is 0 Å². The number of rotatable bonds is 6. The van der Waals surface area contributed by atoms with Gasteiger partial charge in [-0.2, -0.15) is 4.98 Å². The number of hydrogen-bond donors (Lipinski definition) is 1. The lowest BCUT2D eigenvalue weighted by Crippen LogP contribution is -2.33. The Morgan fingerprint density at radius 1 is 1.29 bits per heavy atom. The van der Waals surface area contributed by atoms with Gasteiger partial charge in [0, 0.05) is 30.6 Å². The lowest BCUT2D eigenvalue weighted by molar-refractivity contribution is 0.222. The zero-order valence-electron chi connectivity index (χ0n) is 15.3. The van der Waals surface area contributed by atoms with E-state index < -0.39 is 0 Å². The van der Waals surface area contributed by atoms with E-state index in [1.54, 1.807) is 37.4 Å². The first-order valence-corrected chi connectivity index (χ1v) is 8.78. The lowest BCUT2D eigenvalue weighted by Gasteiger charge is -2.18. The number of halogens is 2. The van der Waals surface area contributed by atoms with Gasteiger partial charge >= 0.3 is 6.03 Å². The summed E-state index contributed by atoms with van der Waals surface area (Å²) in [6, 6.07) is 10.4. The summed E-state index contributed by atoms with van der Waals surface area (Å²) in [5.74, 6) is 0.908. The minimum absolute atomic E-state index is 0.297. The number of urea groups is 1. The predicted octanol–water partition coefficient (Wildman–Crippen LogP) is 4.24. The number of hydrogen-bond acceptors (Lipinski definition) is 5. The molecule has 0 fully saturated rings. The molecule has 0 radical (unpaired) electrons. The Balaban J connectivity index is 1.58. The van der Waals surface area contributed by atoms with E-state index in [0.717, 1.165) is 0 Å². The van der Waals surface area contributed by atoms with Crippen LogP contribution in [-0.2, 0) is 6.42 Å². The van der Waals surface area contributed by atoms with Gasteiger partial charge in [-0.3, -0.25) is 0 Å². The van der Waals surface area contributed by atoms with Crippen LogP contribution < -0.4 is 10.1 Å². The summed E-state index contributed by atoms with van der Waals surface area (Å²) in [5.41, 5.74) is 1.10. The molecule has 2 aromatic carbocycles. The lowest BCUT2D eigenvalue weighted by atomic mass is 10.2. The molecule has 0 bridgehead atoms. The quantitative estimate of drug-likeness (QED) is 0.664. The molecule has 0 saturated heterocycles. The van der Waals surface area contributed by atoms with Crippen molar-refractivity contribution >= 4 is 23.3 Å². The Morgan fingerprint density at radius 3 is 2.75 bits per heavy atom. The Labute approximate surface area is 166 Å². The summed E-state index contributed by atoms with van der Waals surface area (Å²) in [5, 5.41) is 7.13. The number of carbonyl (C=O) groups is 1. The number of likely N-dealkylation sites (N-methyl/N-ethyl adjacent to an activating group) is 1. The molecule has 3 aromatic rings. The molecule has 1 N–H and O–H groups in total. The van der Waals surface area contributed by atoms with Crippen molar-refractivity contribution in [1.82, 2.24) is 15.0 Å². The molecule has 1 aromatic heterocycles. The molecule has 7 nitrogen and oxygen atoms in total. The number of carbonyl (C=O) groups excluding carboxylic acids is 1. The van der Waals surface area contributed by atoms with Crippen molar-refractivity contribution in [3.63, 3.8) is 0 Å². The Morgan fingerprint density at radius 2 is 2.04 bits per heavy atom. The first-order chi connectivity index (χ1) is 13.5. The van der Waals surface area contributed by atoms with E-state index in [4.69, 9.17) is 20.9 Å². The SMILES string of the molecule is COc1ccc(Cl)cc1NC(=O)N(C)CCc1noc(-c2ccc(F)cc2)n1. The summed E-state index contributed by atoms with van der Waals surface area (Å²) in [6.45, 7) is 0.358. The van der Waals surface area contributed by atoms with Crippen molar-refractivity contribution in [2.24, 2.45) is 0 Å². The second-order valence-electron chi connectivity index (χ2n) is 5.97. The van der Waals surface area contributed by atoms with Gasteiger partial charge in [0.15, 0.2) is 5.82 Å². The fourth-order valence-electron chi connectivity index (χ4n) is 2.42. The number of anilines is 1. The van der Waals surface area contributed by atoms with Crippen LogP contribution in [0.3, 0.4) is 0 Å². The highest BCUT2D eigenvalue weighted by Gasteiger charge is 2.14. The zero-order valence-corrected chi connectivity index (χ0v) is 16.0. The van der Waals surface area contributed by atoms with Crippen LogP contribution in [0.2, 0.25) is 5.02 Å². The van der Waals surface area contributed by atoms with Gasteiger partial charge in [0.2, 0.25) is 0 Å². The van der Waals surface area contributed by atoms with E-state index in [1.807, 2.05) is 0 Å². The molecular formula is C19H18ClFN4O3. The number of ether oxygens (including phenoxy) is 1. The maximum atomic E-state index is 13.0. The molecule has 0 unspecified atom stereocenters. The molecule has 0 atom stereocenters. The van der Waals surface area contributed by atoms with Crippen LogP contribution in [0.25, 0.3) is 11.5 Å². The van der Waals surface area contributed by atoms with Gasteiger partial charge in [0.25, 0.3) is 5.89 Å². The van der Waals surface area contributed by atoms with E-state index in [2.05, 4.69) is 15.5 Å². The molecule has 0 aliphatic heterocycles. The molecule has 1 heterocycles. The normalized spacial score (nSPS) is 10.6. The number of amides is 2. The second kappa shape index (κ2) is 8.71. The van der Waals surface area contributed by atoms with Crippen LogP contribution in [-0.4, -0.2) is 41.8 Å². The third kappa shape index (κ3) is 4.77.